The molecule has 3 aromatic carbocycles. The zero-order valence-corrected chi connectivity index (χ0v) is 25.5. The van der Waals surface area contributed by atoms with Gasteiger partial charge in [0.2, 0.25) is 0 Å². The third kappa shape index (κ3) is 10.5. The molecular formula is C37H48O4. The number of hydrogen-bond donors (Lipinski definition) is 0. The second-order valence-electron chi connectivity index (χ2n) is 11.2. The van der Waals surface area contributed by atoms with Crippen LogP contribution in [0.4, 0.5) is 0 Å². The molecule has 0 saturated heterocycles. The Labute approximate surface area is 247 Å². The lowest BCUT2D eigenvalue weighted by molar-refractivity contribution is 0.0734. The van der Waals surface area contributed by atoms with E-state index in [1.54, 1.807) is 18.2 Å². The predicted octanol–water partition coefficient (Wildman–Crippen LogP) is 10.4. The van der Waals surface area contributed by atoms with Crippen LogP contribution in [0.5, 0.6) is 11.5 Å². The van der Waals surface area contributed by atoms with E-state index >= 15 is 0 Å². The van der Waals surface area contributed by atoms with Crippen LogP contribution in [0, 0.1) is 12.8 Å². The van der Waals surface area contributed by atoms with E-state index in [-0.39, 0.29) is 11.7 Å². The van der Waals surface area contributed by atoms with Crippen LogP contribution in [0.2, 0.25) is 0 Å². The highest BCUT2D eigenvalue weighted by molar-refractivity contribution is 5.98. The number of aryl methyl sites for hydroxylation is 1. The van der Waals surface area contributed by atoms with Crippen molar-refractivity contribution in [3.05, 3.63) is 83.4 Å². The van der Waals surface area contributed by atoms with Gasteiger partial charge in [0, 0.05) is 11.5 Å². The van der Waals surface area contributed by atoms with Gasteiger partial charge in [0.25, 0.3) is 0 Å². The Balaban J connectivity index is 1.50. The number of ether oxygens (including phenoxy) is 2. The van der Waals surface area contributed by atoms with Gasteiger partial charge in [-0.25, -0.2) is 4.79 Å². The van der Waals surface area contributed by atoms with E-state index in [1.807, 2.05) is 62.4 Å². The summed E-state index contributed by atoms with van der Waals surface area (Å²) in [6.45, 7) is 9.13. The average molecular weight is 557 g/mol. The molecule has 0 radical (unpaired) electrons. The number of esters is 1. The largest absolute Gasteiger partial charge is 0.493 e. The SMILES string of the molecule is CCCCCCCCOc1ccc(OC(=O)c2ccc(-c3ccc(C(=O)C(C)CCCCCC)cc3)cc2)cc1C. The minimum absolute atomic E-state index is 0.0422. The van der Waals surface area contributed by atoms with E-state index < -0.39 is 5.97 Å². The lowest BCUT2D eigenvalue weighted by Crippen LogP contribution is -2.11. The summed E-state index contributed by atoms with van der Waals surface area (Å²) in [5, 5.41) is 0. The number of hydrogen-bond acceptors (Lipinski definition) is 4. The zero-order valence-electron chi connectivity index (χ0n) is 25.5. The zero-order chi connectivity index (χ0) is 29.5. The van der Waals surface area contributed by atoms with Crippen molar-refractivity contribution in [1.82, 2.24) is 0 Å². The van der Waals surface area contributed by atoms with Crippen LogP contribution in [-0.4, -0.2) is 18.4 Å². The maximum Gasteiger partial charge on any atom is 0.343 e. The Kier molecular flexibility index (Phi) is 13.6. The summed E-state index contributed by atoms with van der Waals surface area (Å²) in [5.41, 5.74) is 4.18. The molecule has 0 amide bonds. The summed E-state index contributed by atoms with van der Waals surface area (Å²) in [6, 6.07) is 20.6. The van der Waals surface area contributed by atoms with Gasteiger partial charge in [-0.2, -0.15) is 0 Å². The van der Waals surface area contributed by atoms with Gasteiger partial charge < -0.3 is 9.47 Å². The molecule has 4 nitrogen and oxygen atoms in total. The van der Waals surface area contributed by atoms with Gasteiger partial charge in [-0.3, -0.25) is 4.79 Å². The summed E-state index contributed by atoms with van der Waals surface area (Å²) in [5.74, 6) is 1.19. The first-order chi connectivity index (χ1) is 19.9. The van der Waals surface area contributed by atoms with E-state index in [0.717, 1.165) is 47.3 Å². The second-order valence-corrected chi connectivity index (χ2v) is 11.2. The van der Waals surface area contributed by atoms with Gasteiger partial charge in [-0.15, -0.1) is 0 Å². The fourth-order valence-corrected chi connectivity index (χ4v) is 5.00. The predicted molar refractivity (Wildman–Crippen MR) is 169 cm³/mol. The summed E-state index contributed by atoms with van der Waals surface area (Å²) in [7, 11) is 0. The van der Waals surface area contributed by atoms with Crippen molar-refractivity contribution in [2.75, 3.05) is 6.61 Å². The highest BCUT2D eigenvalue weighted by Crippen LogP contribution is 2.26. The van der Waals surface area contributed by atoms with Gasteiger partial charge in [-0.1, -0.05) is 115 Å². The van der Waals surface area contributed by atoms with E-state index in [2.05, 4.69) is 13.8 Å². The molecule has 0 aliphatic rings. The molecule has 0 bridgehead atoms. The minimum atomic E-state index is -0.398. The Morgan fingerprint density at radius 3 is 1.85 bits per heavy atom. The van der Waals surface area contributed by atoms with Crippen LogP contribution in [0.25, 0.3) is 11.1 Å². The van der Waals surface area contributed by atoms with Crippen molar-refractivity contribution in [3.63, 3.8) is 0 Å². The standard InChI is InChI=1S/C37H48O4/c1-5-7-9-11-12-14-26-40-35-25-24-34(27-29(35)4)41-37(39)33-22-18-31(19-23-33)30-16-20-32(21-17-30)36(38)28(3)15-13-10-8-6-2/h16-25,27-28H,5-15,26H2,1-4H3. The first-order valence-corrected chi connectivity index (χ1v) is 15.6. The fraction of sp³-hybridized carbons (Fsp3) is 0.459. The number of rotatable bonds is 18. The highest BCUT2D eigenvalue weighted by Gasteiger charge is 2.15. The Hall–Kier alpha value is -3.40. The number of benzene rings is 3. The molecular weight excluding hydrogens is 508 g/mol. The Morgan fingerprint density at radius 1 is 0.683 bits per heavy atom. The molecule has 220 valence electrons. The Bertz CT molecular complexity index is 1210. The highest BCUT2D eigenvalue weighted by atomic mass is 16.5. The number of ketones is 1. The van der Waals surface area contributed by atoms with Crippen molar-refractivity contribution in [1.29, 1.82) is 0 Å². The smallest absolute Gasteiger partial charge is 0.343 e. The minimum Gasteiger partial charge on any atom is -0.493 e. The van der Waals surface area contributed by atoms with Gasteiger partial charge in [0.05, 0.1) is 12.2 Å². The maximum atomic E-state index is 12.8. The van der Waals surface area contributed by atoms with E-state index in [1.165, 1.54) is 51.4 Å². The second kappa shape index (κ2) is 17.4. The molecule has 0 spiro atoms. The van der Waals surface area contributed by atoms with Crippen molar-refractivity contribution in [3.8, 4) is 22.6 Å². The van der Waals surface area contributed by atoms with Crippen molar-refractivity contribution in [2.24, 2.45) is 5.92 Å². The van der Waals surface area contributed by atoms with Gasteiger partial charge in [-0.05, 0) is 66.8 Å². The van der Waals surface area contributed by atoms with E-state index in [9.17, 15) is 9.59 Å². The topological polar surface area (TPSA) is 52.6 Å². The Morgan fingerprint density at radius 2 is 1.24 bits per heavy atom. The van der Waals surface area contributed by atoms with Crippen molar-refractivity contribution < 1.29 is 19.1 Å². The van der Waals surface area contributed by atoms with Crippen molar-refractivity contribution in [2.45, 2.75) is 98.3 Å². The molecule has 3 aromatic rings. The normalized spacial score (nSPS) is 11.7. The fourth-order valence-electron chi connectivity index (χ4n) is 5.00. The lowest BCUT2D eigenvalue weighted by Gasteiger charge is -2.12. The van der Waals surface area contributed by atoms with E-state index in [4.69, 9.17) is 9.47 Å². The number of Topliss-reactive ketones (excluding diaryl/α,β-unsaturated/α-hetero) is 1. The molecule has 4 heteroatoms. The maximum absolute atomic E-state index is 12.8. The van der Waals surface area contributed by atoms with Crippen molar-refractivity contribution >= 4 is 11.8 Å². The monoisotopic (exact) mass is 556 g/mol. The summed E-state index contributed by atoms with van der Waals surface area (Å²) >= 11 is 0. The van der Waals surface area contributed by atoms with Crippen LogP contribution < -0.4 is 9.47 Å². The molecule has 0 N–H and O–H groups in total. The van der Waals surface area contributed by atoms with Crippen LogP contribution in [0.3, 0.4) is 0 Å². The van der Waals surface area contributed by atoms with Gasteiger partial charge in [0.1, 0.15) is 11.5 Å². The molecule has 1 unspecified atom stereocenters. The molecule has 3 rings (SSSR count). The third-order valence-corrected chi connectivity index (χ3v) is 7.67. The van der Waals surface area contributed by atoms with E-state index in [0.29, 0.717) is 17.9 Å². The quantitative estimate of drug-likeness (QED) is 0.0677. The molecule has 0 aromatic heterocycles. The summed E-state index contributed by atoms with van der Waals surface area (Å²) in [6.07, 6.45) is 13.0. The van der Waals surface area contributed by atoms with Gasteiger partial charge in [0.15, 0.2) is 5.78 Å². The summed E-state index contributed by atoms with van der Waals surface area (Å²) in [4.78, 5) is 25.6. The van der Waals surface area contributed by atoms with Gasteiger partial charge >= 0.3 is 5.97 Å². The molecule has 1 atom stereocenters. The average Bonchev–Trinajstić information content (AvgIpc) is 2.99. The van der Waals surface area contributed by atoms with Crippen LogP contribution >= 0.6 is 0 Å². The first-order valence-electron chi connectivity index (χ1n) is 15.6. The molecule has 0 heterocycles. The summed E-state index contributed by atoms with van der Waals surface area (Å²) < 4.78 is 11.6. The third-order valence-electron chi connectivity index (χ3n) is 7.67. The van der Waals surface area contributed by atoms with Crippen LogP contribution in [-0.2, 0) is 0 Å². The molecule has 0 saturated carbocycles. The molecule has 0 aliphatic carbocycles. The molecule has 0 fully saturated rings. The molecule has 41 heavy (non-hydrogen) atoms. The molecule has 0 aliphatic heterocycles. The number of carbonyl (C=O) groups is 2. The van der Waals surface area contributed by atoms with Crippen LogP contribution in [0.15, 0.2) is 66.7 Å². The first kappa shape index (κ1) is 32.1. The number of carbonyl (C=O) groups excluding carboxylic acids is 2. The number of unbranched alkanes of at least 4 members (excludes halogenated alkanes) is 8. The van der Waals surface area contributed by atoms with Crippen LogP contribution in [0.1, 0.15) is 118 Å². The lowest BCUT2D eigenvalue weighted by atomic mass is 9.93.